The van der Waals surface area contributed by atoms with Gasteiger partial charge in [0, 0.05) is 19.1 Å². The molecule has 18 heavy (non-hydrogen) atoms. The summed E-state index contributed by atoms with van der Waals surface area (Å²) < 4.78 is 5.47. The second-order valence-electron chi connectivity index (χ2n) is 4.41. The van der Waals surface area contributed by atoms with Crippen molar-refractivity contribution in [1.29, 1.82) is 0 Å². The third-order valence-corrected chi connectivity index (χ3v) is 2.81. The molecule has 0 saturated heterocycles. The van der Waals surface area contributed by atoms with E-state index in [1.54, 1.807) is 4.90 Å². The first-order valence-electron chi connectivity index (χ1n) is 6.29. The van der Waals surface area contributed by atoms with Crippen LogP contribution in [0.5, 0.6) is 5.75 Å². The SMILES string of the molecule is CCN(C(=O)COc1ccc(CN)cc1)C(C)C. The summed E-state index contributed by atoms with van der Waals surface area (Å²) >= 11 is 0. The van der Waals surface area contributed by atoms with E-state index >= 15 is 0 Å². The summed E-state index contributed by atoms with van der Waals surface area (Å²) in [5, 5.41) is 0. The van der Waals surface area contributed by atoms with Gasteiger partial charge in [-0.05, 0) is 38.5 Å². The molecule has 0 radical (unpaired) electrons. The minimum absolute atomic E-state index is 0.00963. The summed E-state index contributed by atoms with van der Waals surface area (Å²) in [7, 11) is 0. The van der Waals surface area contributed by atoms with Crippen LogP contribution in [0.3, 0.4) is 0 Å². The summed E-state index contributed by atoms with van der Waals surface area (Å²) in [6.45, 7) is 7.25. The van der Waals surface area contributed by atoms with Gasteiger partial charge < -0.3 is 15.4 Å². The maximum absolute atomic E-state index is 11.9. The maximum Gasteiger partial charge on any atom is 0.260 e. The van der Waals surface area contributed by atoms with Crippen LogP contribution in [0.1, 0.15) is 26.3 Å². The lowest BCUT2D eigenvalue weighted by molar-refractivity contribution is -0.134. The molecule has 0 saturated carbocycles. The quantitative estimate of drug-likeness (QED) is 0.837. The summed E-state index contributed by atoms with van der Waals surface area (Å²) in [6.07, 6.45) is 0. The van der Waals surface area contributed by atoms with E-state index in [0.717, 1.165) is 5.56 Å². The number of carbonyl (C=O) groups is 1. The zero-order valence-corrected chi connectivity index (χ0v) is 11.3. The first-order chi connectivity index (χ1) is 8.58. The van der Waals surface area contributed by atoms with E-state index < -0.39 is 0 Å². The highest BCUT2D eigenvalue weighted by Gasteiger charge is 2.15. The molecule has 0 aliphatic carbocycles. The molecular formula is C14H22N2O2. The largest absolute Gasteiger partial charge is 0.484 e. The molecule has 1 rings (SSSR count). The number of nitrogens with two attached hydrogens (primary N) is 1. The Morgan fingerprint density at radius 2 is 1.94 bits per heavy atom. The third-order valence-electron chi connectivity index (χ3n) is 2.81. The van der Waals surface area contributed by atoms with E-state index in [-0.39, 0.29) is 18.6 Å². The molecule has 0 aromatic heterocycles. The molecule has 4 heteroatoms. The van der Waals surface area contributed by atoms with E-state index in [2.05, 4.69) is 0 Å². The number of likely N-dealkylation sites (N-methyl/N-ethyl adjacent to an activating group) is 1. The molecule has 0 unspecified atom stereocenters. The van der Waals surface area contributed by atoms with Gasteiger partial charge in [0.25, 0.3) is 5.91 Å². The van der Waals surface area contributed by atoms with Gasteiger partial charge in [0.1, 0.15) is 5.75 Å². The average molecular weight is 250 g/mol. The molecular weight excluding hydrogens is 228 g/mol. The van der Waals surface area contributed by atoms with Crippen molar-refractivity contribution in [3.05, 3.63) is 29.8 Å². The maximum atomic E-state index is 11.9. The van der Waals surface area contributed by atoms with Gasteiger partial charge in [-0.3, -0.25) is 4.79 Å². The Hall–Kier alpha value is -1.55. The van der Waals surface area contributed by atoms with Crippen molar-refractivity contribution >= 4 is 5.91 Å². The third kappa shape index (κ3) is 4.04. The Morgan fingerprint density at radius 1 is 1.33 bits per heavy atom. The monoisotopic (exact) mass is 250 g/mol. The molecule has 0 fully saturated rings. The fourth-order valence-electron chi connectivity index (χ4n) is 1.78. The van der Waals surface area contributed by atoms with Crippen LogP contribution >= 0.6 is 0 Å². The van der Waals surface area contributed by atoms with Gasteiger partial charge in [-0.2, -0.15) is 0 Å². The fourth-order valence-corrected chi connectivity index (χ4v) is 1.78. The zero-order valence-electron chi connectivity index (χ0n) is 11.3. The van der Waals surface area contributed by atoms with Crippen LogP contribution in [0.2, 0.25) is 0 Å². The molecule has 0 atom stereocenters. The van der Waals surface area contributed by atoms with Crippen molar-refractivity contribution in [2.24, 2.45) is 5.73 Å². The van der Waals surface area contributed by atoms with Crippen molar-refractivity contribution in [2.75, 3.05) is 13.2 Å². The van der Waals surface area contributed by atoms with Crippen molar-refractivity contribution < 1.29 is 9.53 Å². The predicted octanol–water partition coefficient (Wildman–Crippen LogP) is 1.78. The fraction of sp³-hybridized carbons (Fsp3) is 0.500. The van der Waals surface area contributed by atoms with E-state index in [1.165, 1.54) is 0 Å². The summed E-state index contributed by atoms with van der Waals surface area (Å²) in [5.74, 6) is 0.704. The second kappa shape index (κ2) is 7.01. The minimum Gasteiger partial charge on any atom is -0.484 e. The van der Waals surface area contributed by atoms with Crippen LogP contribution < -0.4 is 10.5 Å². The lowest BCUT2D eigenvalue weighted by atomic mass is 10.2. The topological polar surface area (TPSA) is 55.6 Å². The van der Waals surface area contributed by atoms with Gasteiger partial charge in [-0.25, -0.2) is 0 Å². The Labute approximate surface area is 109 Å². The molecule has 0 heterocycles. The van der Waals surface area contributed by atoms with Crippen molar-refractivity contribution in [1.82, 2.24) is 4.90 Å². The number of ether oxygens (including phenoxy) is 1. The van der Waals surface area contributed by atoms with Crippen molar-refractivity contribution in [3.8, 4) is 5.75 Å². The number of benzene rings is 1. The number of hydrogen-bond acceptors (Lipinski definition) is 3. The first-order valence-corrected chi connectivity index (χ1v) is 6.29. The molecule has 0 aliphatic rings. The van der Waals surface area contributed by atoms with Crippen molar-refractivity contribution in [3.63, 3.8) is 0 Å². The van der Waals surface area contributed by atoms with Gasteiger partial charge in [-0.1, -0.05) is 12.1 Å². The highest BCUT2D eigenvalue weighted by molar-refractivity contribution is 5.78. The van der Waals surface area contributed by atoms with Gasteiger partial charge >= 0.3 is 0 Å². The molecule has 1 amide bonds. The lowest BCUT2D eigenvalue weighted by Gasteiger charge is -2.25. The molecule has 100 valence electrons. The Morgan fingerprint density at radius 3 is 2.39 bits per heavy atom. The summed E-state index contributed by atoms with van der Waals surface area (Å²) in [5.41, 5.74) is 6.56. The Kier molecular flexibility index (Phi) is 5.65. The first kappa shape index (κ1) is 14.5. The highest BCUT2D eigenvalue weighted by atomic mass is 16.5. The molecule has 0 aliphatic heterocycles. The lowest BCUT2D eigenvalue weighted by Crippen LogP contribution is -2.39. The van der Waals surface area contributed by atoms with Crippen LogP contribution in [0.25, 0.3) is 0 Å². The summed E-state index contributed by atoms with van der Waals surface area (Å²) in [6, 6.07) is 7.67. The second-order valence-corrected chi connectivity index (χ2v) is 4.41. The van der Waals surface area contributed by atoms with Crippen LogP contribution in [-0.2, 0) is 11.3 Å². The molecule has 0 spiro atoms. The van der Waals surface area contributed by atoms with Gasteiger partial charge in [0.15, 0.2) is 6.61 Å². The number of carbonyl (C=O) groups excluding carboxylic acids is 1. The number of rotatable bonds is 6. The van der Waals surface area contributed by atoms with Crippen LogP contribution in [0.15, 0.2) is 24.3 Å². The number of hydrogen-bond donors (Lipinski definition) is 1. The average Bonchev–Trinajstić information content (AvgIpc) is 2.37. The number of amides is 1. The van der Waals surface area contributed by atoms with Crippen LogP contribution in [0.4, 0.5) is 0 Å². The van der Waals surface area contributed by atoms with Gasteiger partial charge in [-0.15, -0.1) is 0 Å². The summed E-state index contributed by atoms with van der Waals surface area (Å²) in [4.78, 5) is 13.7. The molecule has 1 aromatic carbocycles. The van der Waals surface area contributed by atoms with E-state index in [0.29, 0.717) is 18.8 Å². The van der Waals surface area contributed by atoms with Gasteiger partial charge in [0.05, 0.1) is 0 Å². The smallest absolute Gasteiger partial charge is 0.260 e. The van der Waals surface area contributed by atoms with Gasteiger partial charge in [0.2, 0.25) is 0 Å². The highest BCUT2D eigenvalue weighted by Crippen LogP contribution is 2.12. The van der Waals surface area contributed by atoms with E-state index in [1.807, 2.05) is 45.0 Å². The Balaban J connectivity index is 2.51. The minimum atomic E-state index is 0.00963. The van der Waals surface area contributed by atoms with Crippen LogP contribution in [0, 0.1) is 0 Å². The molecule has 2 N–H and O–H groups in total. The van der Waals surface area contributed by atoms with E-state index in [9.17, 15) is 4.79 Å². The normalized spacial score (nSPS) is 10.5. The molecule has 0 bridgehead atoms. The van der Waals surface area contributed by atoms with Crippen LogP contribution in [-0.4, -0.2) is 30.0 Å². The number of nitrogens with zero attached hydrogens (tertiary/aromatic N) is 1. The molecule has 1 aromatic rings. The zero-order chi connectivity index (χ0) is 13.5. The van der Waals surface area contributed by atoms with E-state index in [4.69, 9.17) is 10.5 Å². The Bertz CT molecular complexity index is 374. The predicted molar refractivity (Wildman–Crippen MR) is 72.4 cm³/mol. The molecule has 4 nitrogen and oxygen atoms in total. The van der Waals surface area contributed by atoms with Crippen molar-refractivity contribution in [2.45, 2.75) is 33.4 Å². The standard InChI is InChI=1S/C14H22N2O2/c1-4-16(11(2)3)14(17)10-18-13-7-5-12(9-15)6-8-13/h5-8,11H,4,9-10,15H2,1-3H3.